The third-order valence-electron chi connectivity index (χ3n) is 15.8. The molecule has 0 rings (SSSR count). The van der Waals surface area contributed by atoms with E-state index in [1.165, 1.54) is 83.5 Å². The van der Waals surface area contributed by atoms with Gasteiger partial charge < -0.3 is 34.2 Å². The number of carbonyl (C=O) groups is 3. The molecule has 0 saturated carbocycles. The zero-order chi connectivity index (χ0) is 72.3. The maximum atomic E-state index is 13.0. The summed E-state index contributed by atoms with van der Waals surface area (Å²) < 4.78 is 61.1. The van der Waals surface area contributed by atoms with Crippen LogP contribution in [0.15, 0.2) is 134 Å². The zero-order valence-corrected chi connectivity index (χ0v) is 63.7. The van der Waals surface area contributed by atoms with Gasteiger partial charge in [-0.3, -0.25) is 32.5 Å². The Bertz CT molecular complexity index is 2330. The highest BCUT2D eigenvalue weighted by atomic mass is 31.2. The molecule has 0 aliphatic rings. The largest absolute Gasteiger partial charge is 0.472 e. The summed E-state index contributed by atoms with van der Waals surface area (Å²) in [6.45, 7) is 2.39. The van der Waals surface area contributed by atoms with Crippen molar-refractivity contribution < 1.29 is 75.8 Å². The first-order chi connectivity index (χ1) is 48.2. The summed E-state index contributed by atoms with van der Waals surface area (Å²) in [5.74, 6) is -1.62. The highest BCUT2D eigenvalue weighted by Crippen LogP contribution is 2.45. The van der Waals surface area contributed by atoms with Gasteiger partial charge in [-0.05, 0) is 135 Å². The fourth-order valence-corrected chi connectivity index (χ4v) is 11.6. The van der Waals surface area contributed by atoms with Crippen LogP contribution in [0.3, 0.4) is 0 Å². The molecule has 0 amide bonds. The van der Waals surface area contributed by atoms with Crippen LogP contribution in [0.5, 0.6) is 0 Å². The fourth-order valence-electron chi connectivity index (χ4n) is 10.0. The number of aliphatic hydroxyl groups excluding tert-OH is 2. The predicted octanol–water partition coefficient (Wildman–Crippen LogP) is 22.3. The van der Waals surface area contributed by atoms with Crippen molar-refractivity contribution in [2.45, 2.75) is 322 Å². The van der Waals surface area contributed by atoms with E-state index in [0.29, 0.717) is 19.3 Å². The molecule has 0 radical (unpaired) electrons. The van der Waals surface area contributed by atoms with E-state index < -0.39 is 91.5 Å². The van der Waals surface area contributed by atoms with Crippen molar-refractivity contribution in [1.82, 2.24) is 0 Å². The minimum absolute atomic E-state index is 0.0844. The maximum Gasteiger partial charge on any atom is 0.472 e. The van der Waals surface area contributed by atoms with Gasteiger partial charge in [-0.2, -0.15) is 0 Å². The van der Waals surface area contributed by atoms with Crippen LogP contribution in [-0.2, 0) is 55.8 Å². The van der Waals surface area contributed by atoms with E-state index >= 15 is 0 Å². The average Bonchev–Trinajstić information content (AvgIpc) is 2.31. The van der Waals surface area contributed by atoms with Gasteiger partial charge in [-0.15, -0.1) is 0 Å². The van der Waals surface area contributed by atoms with E-state index in [1.54, 1.807) is 0 Å². The molecule has 5 atom stereocenters. The normalized spacial score (nSPS) is 14.8. The monoisotopic (exact) mass is 1430 g/mol. The van der Waals surface area contributed by atoms with Crippen LogP contribution in [0.25, 0.3) is 0 Å². The van der Waals surface area contributed by atoms with Gasteiger partial charge in [0.15, 0.2) is 6.10 Å². The molecular weight excluding hydrogens is 1290 g/mol. The van der Waals surface area contributed by atoms with Gasteiger partial charge in [-0.25, -0.2) is 9.13 Å². The van der Waals surface area contributed by atoms with Crippen LogP contribution >= 0.6 is 15.6 Å². The van der Waals surface area contributed by atoms with Crippen molar-refractivity contribution in [3.05, 3.63) is 134 Å². The Balaban J connectivity index is 4.55. The molecule has 0 aromatic rings. The zero-order valence-electron chi connectivity index (χ0n) is 61.9. The van der Waals surface area contributed by atoms with Crippen LogP contribution in [-0.4, -0.2) is 95.9 Å². The molecule has 18 heteroatoms. The van der Waals surface area contributed by atoms with E-state index in [4.69, 9.17) is 32.3 Å². The third-order valence-corrected chi connectivity index (χ3v) is 17.7. The van der Waals surface area contributed by atoms with E-state index in [9.17, 15) is 43.5 Å². The lowest BCUT2D eigenvalue weighted by Crippen LogP contribution is -2.30. The summed E-state index contributed by atoms with van der Waals surface area (Å²) in [6.07, 6.45) is 87.9. The summed E-state index contributed by atoms with van der Waals surface area (Å²) in [6, 6.07) is 0. The maximum absolute atomic E-state index is 13.0. The molecule has 0 aliphatic heterocycles. The number of phosphoric ester groups is 2. The van der Waals surface area contributed by atoms with Crippen molar-refractivity contribution in [3.63, 3.8) is 0 Å². The molecule has 4 N–H and O–H groups in total. The van der Waals surface area contributed by atoms with Gasteiger partial charge in [0.1, 0.15) is 25.4 Å². The molecule has 0 heterocycles. The Morgan fingerprint density at radius 1 is 0.293 bits per heavy atom. The summed E-state index contributed by atoms with van der Waals surface area (Å²) in [5.41, 5.74) is 0. The SMILES string of the molecule is CC/C=C\C/C=C\C/C=C\C/C=C\CCCCCCC(=O)OCC(COP(=O)(O)OCC(O)COP(=O)(O)OCC(O)COC(=O)CCCCCCCCCCCCCCC/C=C\C/C=C\C/C=C\C/C=C\CCCCC)OC(=O)CCCCCCCCC/C=C\C/C=C\C/C=C\CC. The van der Waals surface area contributed by atoms with Gasteiger partial charge >= 0.3 is 33.6 Å². The number of carbonyl (C=O) groups excluding carboxylic acids is 3. The third kappa shape index (κ3) is 74.7. The smallest absolute Gasteiger partial charge is 0.463 e. The predicted molar refractivity (Wildman–Crippen MR) is 408 cm³/mol. The highest BCUT2D eigenvalue weighted by Gasteiger charge is 2.29. The van der Waals surface area contributed by atoms with E-state index in [2.05, 4.69) is 154 Å². The van der Waals surface area contributed by atoms with Crippen LogP contribution < -0.4 is 0 Å². The number of hydrogen-bond donors (Lipinski definition) is 4. The molecule has 5 unspecified atom stereocenters. The van der Waals surface area contributed by atoms with E-state index in [-0.39, 0.29) is 19.3 Å². The van der Waals surface area contributed by atoms with Crippen molar-refractivity contribution in [3.8, 4) is 0 Å². The number of phosphoric acid groups is 2. The molecule has 99 heavy (non-hydrogen) atoms. The second kappa shape index (κ2) is 73.4. The minimum Gasteiger partial charge on any atom is -0.463 e. The summed E-state index contributed by atoms with van der Waals surface area (Å²) in [4.78, 5) is 58.6. The first-order valence-electron chi connectivity index (χ1n) is 38.5. The van der Waals surface area contributed by atoms with Gasteiger partial charge in [0.25, 0.3) is 0 Å². The van der Waals surface area contributed by atoms with Crippen LogP contribution in [0, 0.1) is 0 Å². The first kappa shape index (κ1) is 94.7. The fraction of sp³-hybridized carbons (Fsp3) is 0.691. The number of ether oxygens (including phenoxy) is 3. The summed E-state index contributed by atoms with van der Waals surface area (Å²) >= 11 is 0. The van der Waals surface area contributed by atoms with Crippen molar-refractivity contribution >= 4 is 33.6 Å². The molecule has 16 nitrogen and oxygen atoms in total. The second-order valence-electron chi connectivity index (χ2n) is 25.4. The first-order valence-corrected chi connectivity index (χ1v) is 41.5. The highest BCUT2D eigenvalue weighted by molar-refractivity contribution is 7.47. The Kier molecular flexibility index (Phi) is 70.2. The summed E-state index contributed by atoms with van der Waals surface area (Å²) in [5, 5.41) is 20.6. The Morgan fingerprint density at radius 2 is 0.535 bits per heavy atom. The number of rotatable bonds is 72. The Hall–Kier alpha value is -4.31. The van der Waals surface area contributed by atoms with Crippen molar-refractivity contribution in [2.75, 3.05) is 39.6 Å². The van der Waals surface area contributed by atoms with Crippen LogP contribution in [0.2, 0.25) is 0 Å². The average molecular weight is 1430 g/mol. The molecule has 0 saturated heterocycles. The molecule has 0 aliphatic carbocycles. The lowest BCUT2D eigenvalue weighted by molar-refractivity contribution is -0.161. The quantitative estimate of drug-likeness (QED) is 0.0146. The molecule has 0 spiro atoms. The van der Waals surface area contributed by atoms with Gasteiger partial charge in [0.2, 0.25) is 0 Å². The Morgan fingerprint density at radius 3 is 0.848 bits per heavy atom. The number of aliphatic hydroxyl groups is 2. The molecule has 0 aromatic carbocycles. The summed E-state index contributed by atoms with van der Waals surface area (Å²) in [7, 11) is -9.80. The van der Waals surface area contributed by atoms with Crippen LogP contribution in [0.4, 0.5) is 0 Å². The standard InChI is InChI=1S/C81H138O16P2/c1-4-7-10-13-16-19-22-25-28-31-32-33-34-35-36-37-38-39-40-41-42-45-47-49-52-55-58-61-64-67-79(84)91-70-76(82)71-93-98(87,88)94-72-77(83)73-95-99(89,90)96-75-78(97-81(86)69-66-63-60-57-54-51-48-44-30-27-24-21-18-15-12-9-6-3)74-92-80(85)68-65-62-59-56-53-50-46-43-29-26-23-20-17-14-11-8-5-2/h8-9,11-12,16-21,25-30,32-33,35-36,46,50,76-78,82-83H,4-7,10,13-15,22-24,31,34,37-45,47-49,51-75H2,1-3H3,(H,87,88)(H,89,90)/b11-8-,12-9-,19-16-,20-17-,21-18-,28-25-,29-26-,30-27-,33-32-,36-35-,50-46-. The number of unbranched alkanes of at least 4 members (excludes halogenated alkanes) is 27. The molecular formula is C81H138O16P2. The second-order valence-corrected chi connectivity index (χ2v) is 28.3. The van der Waals surface area contributed by atoms with E-state index in [0.717, 1.165) is 161 Å². The number of allylic oxidation sites excluding steroid dienone is 22. The molecule has 0 fully saturated rings. The minimum atomic E-state index is -4.94. The van der Waals surface area contributed by atoms with Gasteiger partial charge in [0, 0.05) is 19.3 Å². The lowest BCUT2D eigenvalue weighted by atomic mass is 10.0. The van der Waals surface area contributed by atoms with Crippen molar-refractivity contribution in [2.24, 2.45) is 0 Å². The Labute approximate surface area is 601 Å². The van der Waals surface area contributed by atoms with Gasteiger partial charge in [-0.1, -0.05) is 283 Å². The van der Waals surface area contributed by atoms with Crippen LogP contribution in [0.1, 0.15) is 303 Å². The molecule has 0 aromatic heterocycles. The molecule has 0 bridgehead atoms. The van der Waals surface area contributed by atoms with E-state index in [1.807, 2.05) is 0 Å². The van der Waals surface area contributed by atoms with Gasteiger partial charge in [0.05, 0.1) is 26.4 Å². The van der Waals surface area contributed by atoms with Crippen molar-refractivity contribution in [1.29, 1.82) is 0 Å². The lowest BCUT2D eigenvalue weighted by Gasteiger charge is -2.21. The molecule has 568 valence electrons. The number of hydrogen-bond acceptors (Lipinski definition) is 14. The number of esters is 3. The topological polar surface area (TPSA) is 231 Å².